The monoisotopic (exact) mass is 743 g/mol. The maximum atomic E-state index is 6.50. The minimum Gasteiger partial charge on any atom is -0.456 e. The lowest BCUT2D eigenvalue weighted by Crippen LogP contribution is -2.34. The SMILES string of the molecule is CC1(C)CCC(C)(C)c2cc3c(cc21)-c1cc(N(c2cccc(-c4cccc5sc6ccccc6c45)c2)c2ccc4c(c2)oc2ccccc24)ccc1C3(C)C. The number of hydrogen-bond acceptors (Lipinski definition) is 3. The molecule has 0 saturated carbocycles. The van der Waals surface area contributed by atoms with Gasteiger partial charge < -0.3 is 9.32 Å². The van der Waals surface area contributed by atoms with E-state index in [1.165, 1.54) is 77.5 Å². The summed E-state index contributed by atoms with van der Waals surface area (Å²) < 4.78 is 9.14. The van der Waals surface area contributed by atoms with Crippen molar-refractivity contribution in [2.45, 2.75) is 70.6 Å². The van der Waals surface area contributed by atoms with Crippen molar-refractivity contribution < 1.29 is 4.42 Å². The fourth-order valence-corrected chi connectivity index (χ4v) is 11.2. The Balaban J connectivity index is 1.13. The fourth-order valence-electron chi connectivity index (χ4n) is 10.1. The quantitative estimate of drug-likeness (QED) is 0.178. The molecule has 9 aromatic rings. The summed E-state index contributed by atoms with van der Waals surface area (Å²) in [5, 5.41) is 4.92. The molecule has 0 amide bonds. The first-order valence-corrected chi connectivity index (χ1v) is 20.9. The largest absolute Gasteiger partial charge is 0.456 e. The average molecular weight is 744 g/mol. The van der Waals surface area contributed by atoms with Gasteiger partial charge in [-0.25, -0.2) is 0 Å². The molecule has 7 aromatic carbocycles. The average Bonchev–Trinajstić information content (AvgIpc) is 3.84. The smallest absolute Gasteiger partial charge is 0.137 e. The molecule has 11 rings (SSSR count). The van der Waals surface area contributed by atoms with Crippen LogP contribution in [-0.4, -0.2) is 0 Å². The lowest BCUT2D eigenvalue weighted by atomic mass is 9.62. The van der Waals surface area contributed by atoms with Crippen LogP contribution in [0.3, 0.4) is 0 Å². The van der Waals surface area contributed by atoms with Crippen LogP contribution in [0.15, 0.2) is 144 Å². The topological polar surface area (TPSA) is 16.4 Å². The molecule has 0 fully saturated rings. The van der Waals surface area contributed by atoms with E-state index >= 15 is 0 Å². The van der Waals surface area contributed by atoms with E-state index in [2.05, 4.69) is 180 Å². The Morgan fingerprint density at radius 3 is 1.95 bits per heavy atom. The number of thiophene rings is 1. The standard InChI is InChI=1S/C53H45NOS/c1-51(2)25-26-52(3,4)45-31-43-41(30-44(45)51)40-28-34(22-24-42(40)53(43,5)6)54(35-21-23-38-37-15-7-9-18-46(37)55-47(38)29-35)33-14-11-13-32(27-33)36-17-12-20-49-50(36)39-16-8-10-19-48(39)56-49/h7-24,27-31H,25-26H2,1-6H3. The minimum absolute atomic E-state index is 0.101. The third-order valence-electron chi connectivity index (χ3n) is 13.3. The second kappa shape index (κ2) is 11.7. The van der Waals surface area contributed by atoms with Gasteiger partial charge in [-0.2, -0.15) is 0 Å². The van der Waals surface area contributed by atoms with Gasteiger partial charge in [0.15, 0.2) is 0 Å². The zero-order chi connectivity index (χ0) is 38.1. The van der Waals surface area contributed by atoms with Crippen molar-refractivity contribution in [1.29, 1.82) is 0 Å². The molecule has 0 N–H and O–H groups in total. The number of hydrogen-bond donors (Lipinski definition) is 0. The Bertz CT molecular complexity index is 3080. The van der Waals surface area contributed by atoms with Crippen molar-refractivity contribution in [1.82, 2.24) is 0 Å². The molecule has 0 spiro atoms. The molecule has 2 nitrogen and oxygen atoms in total. The summed E-state index contributed by atoms with van der Waals surface area (Å²) in [5.41, 5.74) is 16.4. The van der Waals surface area contributed by atoms with Gasteiger partial charge in [0.25, 0.3) is 0 Å². The highest BCUT2D eigenvalue weighted by molar-refractivity contribution is 7.25. The number of benzene rings is 7. The minimum atomic E-state index is -0.101. The predicted molar refractivity (Wildman–Crippen MR) is 240 cm³/mol. The highest BCUT2D eigenvalue weighted by atomic mass is 32.1. The molecule has 2 aliphatic rings. The van der Waals surface area contributed by atoms with Gasteiger partial charge in [-0.05, 0) is 129 Å². The molecule has 0 saturated heterocycles. The molecule has 56 heavy (non-hydrogen) atoms. The van der Waals surface area contributed by atoms with Crippen molar-refractivity contribution in [3.05, 3.63) is 162 Å². The first-order valence-electron chi connectivity index (χ1n) is 20.0. The van der Waals surface area contributed by atoms with E-state index in [9.17, 15) is 0 Å². The molecular weight excluding hydrogens is 699 g/mol. The molecule has 0 atom stereocenters. The molecule has 2 aromatic heterocycles. The molecule has 0 unspecified atom stereocenters. The van der Waals surface area contributed by atoms with Crippen LogP contribution in [0.4, 0.5) is 17.1 Å². The van der Waals surface area contributed by atoms with E-state index in [1.54, 1.807) is 0 Å². The zero-order valence-electron chi connectivity index (χ0n) is 33.0. The van der Waals surface area contributed by atoms with Crippen molar-refractivity contribution in [2.24, 2.45) is 0 Å². The normalized spacial score (nSPS) is 16.3. The first-order chi connectivity index (χ1) is 27.0. The Morgan fingerprint density at radius 2 is 1.11 bits per heavy atom. The van der Waals surface area contributed by atoms with Crippen LogP contribution in [-0.2, 0) is 16.2 Å². The summed E-state index contributed by atoms with van der Waals surface area (Å²) >= 11 is 1.87. The Kier molecular flexibility index (Phi) is 7.03. The van der Waals surface area contributed by atoms with Crippen LogP contribution in [0, 0.1) is 0 Å². The molecule has 2 heterocycles. The number of furan rings is 1. The number of nitrogens with zero attached hydrogens (tertiary/aromatic N) is 1. The number of rotatable bonds is 4. The molecule has 0 radical (unpaired) electrons. The number of anilines is 3. The molecule has 0 bridgehead atoms. The maximum Gasteiger partial charge on any atom is 0.137 e. The van der Waals surface area contributed by atoms with Gasteiger partial charge in [0.2, 0.25) is 0 Å². The lowest BCUT2D eigenvalue weighted by molar-refractivity contribution is 0.331. The van der Waals surface area contributed by atoms with E-state index in [-0.39, 0.29) is 16.2 Å². The van der Waals surface area contributed by atoms with Gasteiger partial charge in [-0.15, -0.1) is 11.3 Å². The molecule has 274 valence electrons. The summed E-state index contributed by atoms with van der Waals surface area (Å²) in [6, 6.07) is 52.0. The Hall–Kier alpha value is -5.64. The molecular formula is C53H45NOS. The highest BCUT2D eigenvalue weighted by Gasteiger charge is 2.42. The van der Waals surface area contributed by atoms with Crippen LogP contribution < -0.4 is 4.90 Å². The first kappa shape index (κ1) is 33.7. The summed E-state index contributed by atoms with van der Waals surface area (Å²) in [6.07, 6.45) is 2.41. The summed E-state index contributed by atoms with van der Waals surface area (Å²) in [6.45, 7) is 14.6. The molecule has 2 aliphatic carbocycles. The fraction of sp³-hybridized carbons (Fsp3) is 0.208. The molecule has 0 aliphatic heterocycles. The third-order valence-corrected chi connectivity index (χ3v) is 14.5. The second-order valence-electron chi connectivity index (χ2n) is 18.0. The van der Waals surface area contributed by atoms with Crippen molar-refractivity contribution in [3.8, 4) is 22.3 Å². The van der Waals surface area contributed by atoms with Gasteiger partial charge in [-0.3, -0.25) is 0 Å². The van der Waals surface area contributed by atoms with Crippen LogP contribution in [0.5, 0.6) is 0 Å². The van der Waals surface area contributed by atoms with Crippen molar-refractivity contribution in [3.63, 3.8) is 0 Å². The van der Waals surface area contributed by atoms with Crippen LogP contribution >= 0.6 is 11.3 Å². The second-order valence-corrected chi connectivity index (χ2v) is 19.1. The Morgan fingerprint density at radius 1 is 0.464 bits per heavy atom. The highest BCUT2D eigenvalue weighted by Crippen LogP contribution is 2.56. The number of para-hydroxylation sites is 1. The third kappa shape index (κ3) is 4.86. The van der Waals surface area contributed by atoms with Crippen molar-refractivity contribution in [2.75, 3.05) is 4.90 Å². The van der Waals surface area contributed by atoms with Crippen molar-refractivity contribution >= 4 is 70.5 Å². The van der Waals surface area contributed by atoms with Gasteiger partial charge >= 0.3 is 0 Å². The zero-order valence-corrected chi connectivity index (χ0v) is 33.8. The number of fused-ring (bicyclic) bond motifs is 10. The summed E-state index contributed by atoms with van der Waals surface area (Å²) in [4.78, 5) is 2.43. The van der Waals surface area contributed by atoms with Gasteiger partial charge in [0.05, 0.1) is 0 Å². The van der Waals surface area contributed by atoms with Crippen LogP contribution in [0.2, 0.25) is 0 Å². The summed E-state index contributed by atoms with van der Waals surface area (Å²) in [5.74, 6) is 0. The van der Waals surface area contributed by atoms with Crippen LogP contribution in [0.1, 0.15) is 76.6 Å². The Labute approximate surface area is 333 Å². The molecule has 3 heteroatoms. The van der Waals surface area contributed by atoms with Gasteiger partial charge in [-0.1, -0.05) is 114 Å². The van der Waals surface area contributed by atoms with E-state index < -0.39 is 0 Å². The van der Waals surface area contributed by atoms with E-state index in [0.29, 0.717) is 0 Å². The van der Waals surface area contributed by atoms with Gasteiger partial charge in [0, 0.05) is 59.5 Å². The summed E-state index contributed by atoms with van der Waals surface area (Å²) in [7, 11) is 0. The predicted octanol–water partition coefficient (Wildman–Crippen LogP) is 15.7. The van der Waals surface area contributed by atoms with E-state index in [0.717, 1.165) is 39.0 Å². The lowest BCUT2D eigenvalue weighted by Gasteiger charge is -2.42. The van der Waals surface area contributed by atoms with Crippen LogP contribution in [0.25, 0.3) is 64.4 Å². The van der Waals surface area contributed by atoms with E-state index in [4.69, 9.17) is 4.42 Å². The van der Waals surface area contributed by atoms with E-state index in [1.807, 2.05) is 17.4 Å². The maximum absolute atomic E-state index is 6.50. The van der Waals surface area contributed by atoms with Gasteiger partial charge in [0.1, 0.15) is 11.2 Å².